The maximum absolute atomic E-state index is 4.53. The van der Waals surface area contributed by atoms with Gasteiger partial charge in [0, 0.05) is 24.2 Å². The molecule has 104 valence electrons. The van der Waals surface area contributed by atoms with E-state index in [2.05, 4.69) is 52.4 Å². The van der Waals surface area contributed by atoms with Crippen LogP contribution in [0.15, 0.2) is 85.3 Å². The monoisotopic (exact) mass is 282 g/mol. The van der Waals surface area contributed by atoms with Gasteiger partial charge in [-0.15, -0.1) is 0 Å². The van der Waals surface area contributed by atoms with Gasteiger partial charge in [0.25, 0.3) is 0 Å². The molecule has 0 radical (unpaired) electrons. The molecule has 0 aliphatic heterocycles. The first-order valence-corrected chi connectivity index (χ1v) is 7.27. The molecule has 4 rings (SSSR count). The lowest BCUT2D eigenvalue weighted by Crippen LogP contribution is -1.84. The van der Waals surface area contributed by atoms with E-state index in [-0.39, 0.29) is 0 Å². The molecule has 2 heteroatoms. The first kappa shape index (κ1) is 12.7. The van der Waals surface area contributed by atoms with Crippen molar-refractivity contribution in [1.29, 1.82) is 0 Å². The maximum Gasteiger partial charge on any atom is 0.0708 e. The van der Waals surface area contributed by atoms with Crippen LogP contribution in [0.4, 0.5) is 0 Å². The minimum absolute atomic E-state index is 0.994. The summed E-state index contributed by atoms with van der Waals surface area (Å²) in [6.45, 7) is 0. The fourth-order valence-electron chi connectivity index (χ4n) is 2.84. The van der Waals surface area contributed by atoms with E-state index in [9.17, 15) is 0 Å². The fraction of sp³-hybridized carbons (Fsp3) is 0. The summed E-state index contributed by atoms with van der Waals surface area (Å²) in [6.07, 6.45) is 5.50. The number of rotatable bonds is 2. The highest BCUT2D eigenvalue weighted by atomic mass is 14.7. The summed E-state index contributed by atoms with van der Waals surface area (Å²) in [4.78, 5) is 8.66. The van der Waals surface area contributed by atoms with Crippen LogP contribution in [0.5, 0.6) is 0 Å². The molecule has 0 saturated heterocycles. The molecular formula is C20H14N2. The summed E-state index contributed by atoms with van der Waals surface area (Å²) in [5, 5.41) is 0. The largest absolute Gasteiger partial charge is 0.265 e. The van der Waals surface area contributed by atoms with Gasteiger partial charge in [0.1, 0.15) is 0 Å². The van der Waals surface area contributed by atoms with Crippen molar-refractivity contribution in [2.75, 3.05) is 0 Å². The Bertz CT molecular complexity index is 870. The van der Waals surface area contributed by atoms with E-state index < -0.39 is 0 Å². The van der Waals surface area contributed by atoms with Crippen molar-refractivity contribution in [2.24, 2.45) is 0 Å². The quantitative estimate of drug-likeness (QED) is 0.521. The number of nitrogens with zero attached hydrogens (tertiary/aromatic N) is 2. The van der Waals surface area contributed by atoms with Gasteiger partial charge in [-0.1, -0.05) is 36.4 Å². The zero-order valence-electron chi connectivity index (χ0n) is 12.0. The maximum atomic E-state index is 4.53. The van der Waals surface area contributed by atoms with Gasteiger partial charge in [0.2, 0.25) is 0 Å². The van der Waals surface area contributed by atoms with Gasteiger partial charge in [0.15, 0.2) is 0 Å². The van der Waals surface area contributed by atoms with Gasteiger partial charge in [0.05, 0.1) is 5.69 Å². The zero-order chi connectivity index (χ0) is 14.8. The molecule has 0 N–H and O–H groups in total. The second-order valence-electron chi connectivity index (χ2n) is 5.16. The van der Waals surface area contributed by atoms with Crippen molar-refractivity contribution in [3.05, 3.63) is 85.3 Å². The number of fused-ring (bicyclic) bond motifs is 1. The molecule has 0 fully saturated rings. The summed E-state index contributed by atoms with van der Waals surface area (Å²) in [6, 6.07) is 22.8. The number of pyridine rings is 2. The third kappa shape index (κ3) is 2.15. The van der Waals surface area contributed by atoms with Gasteiger partial charge in [-0.3, -0.25) is 9.97 Å². The highest BCUT2D eigenvalue weighted by molar-refractivity contribution is 5.98. The molecule has 2 nitrogen and oxygen atoms in total. The highest BCUT2D eigenvalue weighted by Gasteiger charge is 2.18. The average Bonchev–Trinajstić information content (AvgIpc) is 2.79. The van der Waals surface area contributed by atoms with E-state index in [4.69, 9.17) is 0 Å². The lowest BCUT2D eigenvalue weighted by Gasteiger charge is -2.06. The molecule has 0 bridgehead atoms. The molecule has 2 heterocycles. The van der Waals surface area contributed by atoms with Crippen LogP contribution in [0.25, 0.3) is 33.5 Å². The Kier molecular flexibility index (Phi) is 3.13. The van der Waals surface area contributed by atoms with E-state index in [1.54, 1.807) is 0 Å². The van der Waals surface area contributed by atoms with Crippen LogP contribution >= 0.6 is 0 Å². The summed E-state index contributed by atoms with van der Waals surface area (Å²) < 4.78 is 0. The van der Waals surface area contributed by atoms with Crippen LogP contribution in [0, 0.1) is 0 Å². The first-order chi connectivity index (χ1) is 10.9. The minimum atomic E-state index is 0.994. The van der Waals surface area contributed by atoms with Crippen molar-refractivity contribution in [2.45, 2.75) is 0 Å². The number of hydrogen-bond acceptors (Lipinski definition) is 2. The van der Waals surface area contributed by atoms with Gasteiger partial charge in [-0.05, 0) is 52.6 Å². The molecule has 0 aromatic carbocycles. The number of hydrogen-bond donors (Lipinski definition) is 0. The van der Waals surface area contributed by atoms with E-state index in [1.165, 1.54) is 16.7 Å². The lowest BCUT2D eigenvalue weighted by molar-refractivity contribution is 1.32. The molecule has 2 aromatic rings. The van der Waals surface area contributed by atoms with Gasteiger partial charge >= 0.3 is 0 Å². The molecule has 0 spiro atoms. The Morgan fingerprint density at radius 1 is 0.591 bits per heavy atom. The van der Waals surface area contributed by atoms with Crippen LogP contribution in [-0.2, 0) is 0 Å². The summed E-state index contributed by atoms with van der Waals surface area (Å²) >= 11 is 0. The lowest BCUT2D eigenvalue weighted by atomic mass is 9.99. The Balaban J connectivity index is 2.06. The van der Waals surface area contributed by atoms with Crippen molar-refractivity contribution in [3.63, 3.8) is 0 Å². The van der Waals surface area contributed by atoms with Gasteiger partial charge in [-0.25, -0.2) is 0 Å². The molecule has 2 aliphatic rings. The second kappa shape index (κ2) is 5.41. The first-order valence-electron chi connectivity index (χ1n) is 7.27. The Morgan fingerprint density at radius 3 is 2.23 bits per heavy atom. The third-order valence-electron chi connectivity index (χ3n) is 3.82. The van der Waals surface area contributed by atoms with Crippen LogP contribution < -0.4 is 0 Å². The van der Waals surface area contributed by atoms with E-state index in [0.29, 0.717) is 0 Å². The number of aromatic nitrogens is 2. The fourth-order valence-corrected chi connectivity index (χ4v) is 2.84. The van der Waals surface area contributed by atoms with E-state index in [1.807, 2.05) is 42.9 Å². The van der Waals surface area contributed by atoms with Gasteiger partial charge < -0.3 is 0 Å². The third-order valence-corrected chi connectivity index (χ3v) is 3.82. The average molecular weight is 282 g/mol. The topological polar surface area (TPSA) is 25.8 Å². The van der Waals surface area contributed by atoms with Crippen molar-refractivity contribution < 1.29 is 0 Å². The van der Waals surface area contributed by atoms with E-state index >= 15 is 0 Å². The standard InChI is InChI=1S/C20H14N2/c1-2-6-16-14-18(19-8-4-5-11-22-19)20(17(16)7-3-1)15-9-12-21-13-10-15/h1-14H. The highest BCUT2D eigenvalue weighted by Crippen LogP contribution is 2.43. The van der Waals surface area contributed by atoms with Crippen molar-refractivity contribution in [3.8, 4) is 33.5 Å². The van der Waals surface area contributed by atoms with Gasteiger partial charge in [-0.2, -0.15) is 0 Å². The van der Waals surface area contributed by atoms with Crippen LogP contribution in [0.1, 0.15) is 0 Å². The molecule has 0 saturated carbocycles. The Morgan fingerprint density at radius 2 is 1.41 bits per heavy atom. The molecule has 2 aromatic heterocycles. The second-order valence-corrected chi connectivity index (χ2v) is 5.16. The smallest absolute Gasteiger partial charge is 0.0708 e. The van der Waals surface area contributed by atoms with Crippen molar-refractivity contribution in [1.82, 2.24) is 9.97 Å². The normalized spacial score (nSPS) is 10.7. The molecule has 0 unspecified atom stereocenters. The molecule has 0 atom stereocenters. The van der Waals surface area contributed by atoms with Crippen LogP contribution in [0.2, 0.25) is 0 Å². The molecule has 0 amide bonds. The van der Waals surface area contributed by atoms with Crippen LogP contribution in [-0.4, -0.2) is 9.97 Å². The summed E-state index contributed by atoms with van der Waals surface area (Å²) in [7, 11) is 0. The predicted molar refractivity (Wildman–Crippen MR) is 89.5 cm³/mol. The van der Waals surface area contributed by atoms with Crippen LogP contribution in [0.3, 0.4) is 0 Å². The predicted octanol–water partition coefficient (Wildman–Crippen LogP) is 4.92. The van der Waals surface area contributed by atoms with Crippen molar-refractivity contribution >= 4 is 0 Å². The molecule has 2 aliphatic carbocycles. The Hall–Kier alpha value is -3.00. The summed E-state index contributed by atoms with van der Waals surface area (Å²) in [5.74, 6) is 0. The van der Waals surface area contributed by atoms with E-state index in [0.717, 1.165) is 16.8 Å². The SMILES string of the molecule is c1ccc2cc(-c3ccccn3)c(-c3ccncc3)c-2cc1. The Labute approximate surface area is 129 Å². The zero-order valence-corrected chi connectivity index (χ0v) is 12.0. The summed E-state index contributed by atoms with van der Waals surface area (Å²) in [5.41, 5.74) is 6.99. The molecule has 22 heavy (non-hydrogen) atoms. The molecular weight excluding hydrogens is 268 g/mol. The minimum Gasteiger partial charge on any atom is -0.265 e.